The maximum Gasteiger partial charge on any atom is 0.422 e. The molecule has 9 aromatic carbocycles. The minimum atomic E-state index is -4.72. The Hall–Kier alpha value is -18.4. The van der Waals surface area contributed by atoms with Gasteiger partial charge in [-0.25, -0.2) is 44.5 Å². The van der Waals surface area contributed by atoms with Crippen LogP contribution in [0.2, 0.25) is 0 Å². The molecule has 0 aliphatic rings. The molecule has 11 heterocycles. The lowest BCUT2D eigenvalue weighted by molar-refractivity contribution is -0.154. The number of aromatic nitrogens is 15. The molecule has 0 aliphatic carbocycles. The average Bonchev–Trinajstić information content (AvgIpc) is 1.59. The summed E-state index contributed by atoms with van der Waals surface area (Å²) in [6, 6.07) is 45.9. The molecule has 39 heteroatoms. The Morgan fingerprint density at radius 3 is 1.25 bits per heavy atom. The van der Waals surface area contributed by atoms with Crippen molar-refractivity contribution in [2.24, 2.45) is 7.05 Å². The third-order valence-electron chi connectivity index (χ3n) is 21.0. The van der Waals surface area contributed by atoms with Gasteiger partial charge in [-0.15, -0.1) is 0 Å². The molecule has 0 saturated carbocycles. The standard InChI is InChI=1S/C33H24F2N6O4.C32H19F5N6O4.C30H19F2N7O3/c1-18(2)44-29-10-8-25(33(43)41(29)23-6-3-21(34)4-7-23)32(42)39-22-5-9-27(26(35)14-22)45-28-13-19-17-38-40-12-11-24(31(19)40)30(28)20-15-36-37-16-20;33-19-1-4-21(5-2-19)43-27(46-16-32(35,36)37)8-6-23(31(43)45)30(44)41-20-3-7-25(24(34)12-20)47-26-11-17-15-40-42-10-9-22(29(17)42)28(26)18-13-38-39-14-18;1-38-26-12-24(18-14-34-35-15-18)28(10-17(26)16-36-38)42-27-9-4-20(11-25(27)32)37-29(40)23-8-7-22(13-33)39(30(23)41)21-5-2-19(31)3-6-21/h3-18H,1-2H3,(H,36,37)(H,39,42);1-15H,16H2,(H,38,39)(H,41,44);2-12,14-16H,1H3,(H,34,35)(H,37,40). The second-order valence-corrected chi connectivity index (χ2v) is 30.1. The maximum absolute atomic E-state index is 15.4. The number of rotatable bonds is 22. The molecule has 0 radical (unpaired) electrons. The molecule has 0 fully saturated rings. The molecule has 666 valence electrons. The van der Waals surface area contributed by atoms with Crippen molar-refractivity contribution < 1.29 is 77.6 Å². The van der Waals surface area contributed by atoms with Gasteiger partial charge in [0.2, 0.25) is 11.8 Å². The van der Waals surface area contributed by atoms with Crippen LogP contribution in [0, 0.1) is 46.2 Å². The highest BCUT2D eigenvalue weighted by atomic mass is 19.4. The number of fused-ring (bicyclic) bond motifs is 1. The van der Waals surface area contributed by atoms with Crippen LogP contribution in [0.4, 0.5) is 56.6 Å². The van der Waals surface area contributed by atoms with Gasteiger partial charge in [0.25, 0.3) is 34.4 Å². The van der Waals surface area contributed by atoms with E-state index in [0.717, 1.165) is 126 Å². The molecule has 0 unspecified atom stereocenters. The Morgan fingerprint density at radius 2 is 0.836 bits per heavy atom. The number of pyridine rings is 3. The van der Waals surface area contributed by atoms with Crippen LogP contribution < -0.4 is 56.3 Å². The van der Waals surface area contributed by atoms with Crippen LogP contribution in [0.15, 0.2) is 283 Å². The fraction of sp³-hybridized carbons (Fsp3) is 0.0632. The van der Waals surface area contributed by atoms with Gasteiger partial charge < -0.3 is 39.6 Å². The fourth-order valence-electron chi connectivity index (χ4n) is 14.9. The molecule has 0 spiro atoms. The minimum Gasteiger partial charge on any atom is -0.476 e. The molecule has 0 bridgehead atoms. The summed E-state index contributed by atoms with van der Waals surface area (Å²) in [5, 5.41) is 54.3. The number of halogens is 9. The quantitative estimate of drug-likeness (QED) is 0.0343. The first-order chi connectivity index (χ1) is 64.6. The van der Waals surface area contributed by atoms with Gasteiger partial charge >= 0.3 is 6.18 Å². The Balaban J connectivity index is 0.000000135. The average molecular weight is 1820 g/mol. The molecule has 0 atom stereocenters. The van der Waals surface area contributed by atoms with E-state index in [-0.39, 0.29) is 74.5 Å². The van der Waals surface area contributed by atoms with Gasteiger partial charge in [0.05, 0.1) is 76.9 Å². The molecule has 20 aromatic rings. The van der Waals surface area contributed by atoms with Crippen LogP contribution in [0.5, 0.6) is 46.3 Å². The summed E-state index contributed by atoms with van der Waals surface area (Å²) in [5.41, 5.74) is 3.80. The Bertz CT molecular complexity index is 8140. The number of aryl methyl sites for hydroxylation is 1. The summed E-state index contributed by atoms with van der Waals surface area (Å²) in [4.78, 5) is 79.4. The topological polar surface area (TPSA) is 362 Å². The maximum atomic E-state index is 15.4. The van der Waals surface area contributed by atoms with Crippen LogP contribution in [0.3, 0.4) is 0 Å². The van der Waals surface area contributed by atoms with Crippen molar-refractivity contribution in [2.45, 2.75) is 26.1 Å². The third kappa shape index (κ3) is 17.4. The zero-order valence-corrected chi connectivity index (χ0v) is 69.4. The number of hydrogen-bond acceptors (Lipinski definition) is 18. The highest BCUT2D eigenvalue weighted by Gasteiger charge is 2.31. The molecule has 30 nitrogen and oxygen atoms in total. The Labute approximate surface area is 746 Å². The number of nitrogens with one attached hydrogen (secondary N) is 6. The van der Waals surface area contributed by atoms with Gasteiger partial charge in [-0.1, -0.05) is 0 Å². The van der Waals surface area contributed by atoms with Crippen molar-refractivity contribution >= 4 is 78.3 Å². The molecule has 0 saturated heterocycles. The van der Waals surface area contributed by atoms with Crippen LogP contribution in [-0.2, 0) is 7.05 Å². The number of H-pyrrole nitrogens is 3. The summed E-state index contributed by atoms with van der Waals surface area (Å²) >= 11 is 0. The smallest absolute Gasteiger partial charge is 0.422 e. The number of hydrogen-bond donors (Lipinski definition) is 6. The predicted octanol–water partition coefficient (Wildman–Crippen LogP) is 18.6. The lowest BCUT2D eigenvalue weighted by Gasteiger charge is -2.17. The van der Waals surface area contributed by atoms with Gasteiger partial charge in [-0.2, -0.15) is 49.0 Å². The molecule has 20 rings (SSSR count). The van der Waals surface area contributed by atoms with E-state index in [9.17, 15) is 60.4 Å². The number of ether oxygens (including phenoxy) is 5. The van der Waals surface area contributed by atoms with E-state index in [1.165, 1.54) is 102 Å². The van der Waals surface area contributed by atoms with Crippen LogP contribution in [-0.4, -0.2) is 110 Å². The summed E-state index contributed by atoms with van der Waals surface area (Å²) in [7, 11) is 1.81. The van der Waals surface area contributed by atoms with E-state index < -0.39 is 93.5 Å². The summed E-state index contributed by atoms with van der Waals surface area (Å²) < 4.78 is 162. The van der Waals surface area contributed by atoms with E-state index >= 15 is 13.2 Å². The monoisotopic (exact) mass is 1820 g/mol. The second kappa shape index (κ2) is 35.7. The van der Waals surface area contributed by atoms with Gasteiger partial charge in [0.1, 0.15) is 63.2 Å². The normalized spacial score (nSPS) is 11.4. The molecule has 0 aliphatic heterocycles. The van der Waals surface area contributed by atoms with Gasteiger partial charge in [-0.3, -0.25) is 53.3 Å². The Morgan fingerprint density at radius 1 is 0.440 bits per heavy atom. The molecule has 11 aromatic heterocycles. The highest BCUT2D eigenvalue weighted by molar-refractivity contribution is 6.10. The third-order valence-corrected chi connectivity index (χ3v) is 21.0. The van der Waals surface area contributed by atoms with Crippen LogP contribution in [0.1, 0.15) is 50.6 Å². The van der Waals surface area contributed by atoms with Crippen molar-refractivity contribution in [3.63, 3.8) is 0 Å². The van der Waals surface area contributed by atoms with E-state index in [2.05, 4.69) is 61.8 Å². The molecular weight excluding hydrogens is 1750 g/mol. The van der Waals surface area contributed by atoms with Crippen molar-refractivity contribution in [1.29, 1.82) is 5.26 Å². The number of nitrogens with zero attached hydrogens (tertiary/aromatic N) is 13. The molecule has 6 N–H and O–H groups in total. The van der Waals surface area contributed by atoms with Crippen molar-refractivity contribution in [2.75, 3.05) is 22.6 Å². The van der Waals surface area contributed by atoms with Crippen molar-refractivity contribution in [3.05, 3.63) is 357 Å². The largest absolute Gasteiger partial charge is 0.476 e. The molecular formula is C95H62F9N19O11. The number of aromatic amines is 3. The summed E-state index contributed by atoms with van der Waals surface area (Å²) in [6.07, 6.45) is 13.6. The van der Waals surface area contributed by atoms with Gasteiger partial charge in [0.15, 0.2) is 41.3 Å². The number of anilines is 3. The zero-order valence-electron chi connectivity index (χ0n) is 69.4. The van der Waals surface area contributed by atoms with Crippen molar-refractivity contribution in [1.82, 2.24) is 73.3 Å². The zero-order chi connectivity index (χ0) is 93.5. The number of nitriles is 1. The lowest BCUT2D eigenvalue weighted by atomic mass is 10.0. The minimum absolute atomic E-state index is 0.0432. The van der Waals surface area contributed by atoms with Crippen molar-refractivity contribution in [3.8, 4) is 103 Å². The van der Waals surface area contributed by atoms with E-state index in [1.807, 2.05) is 37.5 Å². The predicted molar refractivity (Wildman–Crippen MR) is 473 cm³/mol. The highest BCUT2D eigenvalue weighted by Crippen LogP contribution is 2.46. The number of benzene rings is 9. The van der Waals surface area contributed by atoms with Gasteiger partial charge in [-0.05, 0) is 196 Å². The number of carbonyl (C=O) groups is 3. The lowest BCUT2D eigenvalue weighted by Crippen LogP contribution is -2.30. The Kier molecular flexibility index (Phi) is 23.0. The van der Waals surface area contributed by atoms with Crippen LogP contribution >= 0.6 is 0 Å². The van der Waals surface area contributed by atoms with E-state index in [1.54, 1.807) is 108 Å². The fourth-order valence-corrected chi connectivity index (χ4v) is 14.9. The van der Waals surface area contributed by atoms with E-state index in [4.69, 9.17) is 23.7 Å². The first kappa shape index (κ1) is 86.4. The van der Waals surface area contributed by atoms with E-state index in [0.29, 0.717) is 49.8 Å². The summed E-state index contributed by atoms with van der Waals surface area (Å²) in [6.45, 7) is 1.86. The van der Waals surface area contributed by atoms with Crippen LogP contribution in [0.25, 0.3) is 93.9 Å². The number of alkyl halides is 3. The SMILES string of the molecule is CC(C)Oc1ccc(C(=O)Nc2ccc(Oc3cc4cnn5ccc(c3-c3cn[nH]c3)c45)c(F)c2)c(=O)n1-c1ccc(F)cc1.Cn1ncc2cc(Oc3ccc(NC(=O)c4ccc(C#N)n(-c5ccc(F)cc5)c4=O)cc3F)c(-c3cn[nH]c3)cc21.O=C(Nc1ccc(Oc2cc3cnn4ccc(c2-c2cn[nH]c2)c34)c(F)c1)c1ccc(OCC(F)(F)F)n(-c2ccc(F)cc2)c1=O. The number of amides is 3. The molecule has 3 amide bonds. The first-order valence-corrected chi connectivity index (χ1v) is 40.2. The first-order valence-electron chi connectivity index (χ1n) is 40.2. The summed E-state index contributed by atoms with van der Waals surface area (Å²) in [5.74, 6) is -6.19. The second-order valence-electron chi connectivity index (χ2n) is 30.1. The molecule has 134 heavy (non-hydrogen) atoms. The van der Waals surface area contributed by atoms with Gasteiger partial charge in [0, 0.05) is 134 Å². The number of carbonyl (C=O) groups excluding carboxylic acids is 3.